The van der Waals surface area contributed by atoms with Gasteiger partial charge in [0.2, 0.25) is 0 Å². The van der Waals surface area contributed by atoms with Gasteiger partial charge in [-0.25, -0.2) is 4.79 Å². The molecule has 0 atom stereocenters. The lowest BCUT2D eigenvalue weighted by molar-refractivity contribution is 0.248. The van der Waals surface area contributed by atoms with E-state index in [1.165, 1.54) is 11.9 Å². The third kappa shape index (κ3) is 5.64. The minimum atomic E-state index is -0.244. The summed E-state index contributed by atoms with van der Waals surface area (Å²) in [5.41, 5.74) is 0.883. The van der Waals surface area contributed by atoms with Gasteiger partial charge in [-0.3, -0.25) is 4.72 Å². The van der Waals surface area contributed by atoms with Gasteiger partial charge in [0, 0.05) is 24.7 Å². The summed E-state index contributed by atoms with van der Waals surface area (Å²) in [4.78, 5) is 12.0. The lowest BCUT2D eigenvalue weighted by Gasteiger charge is -2.09. The van der Waals surface area contributed by atoms with Crippen molar-refractivity contribution in [3.8, 4) is 11.5 Å². The summed E-state index contributed by atoms with van der Waals surface area (Å²) >= 11 is 6.28. The van der Waals surface area contributed by atoms with E-state index < -0.39 is 0 Å². The molecule has 2 amide bonds. The van der Waals surface area contributed by atoms with Gasteiger partial charge in [0.15, 0.2) is 5.11 Å². The second-order valence-electron chi connectivity index (χ2n) is 4.59. The second kappa shape index (κ2) is 8.99. The van der Waals surface area contributed by atoms with Crippen LogP contribution in [0.25, 0.3) is 0 Å². The van der Waals surface area contributed by atoms with Crippen molar-refractivity contribution in [1.82, 2.24) is 15.4 Å². The number of hydrogen-bond donors (Lipinski definition) is 4. The molecule has 0 aromatic heterocycles. The highest BCUT2D eigenvalue weighted by molar-refractivity contribution is 7.98. The van der Waals surface area contributed by atoms with Crippen LogP contribution in [0.5, 0.6) is 11.5 Å². The van der Waals surface area contributed by atoms with Gasteiger partial charge in [0.25, 0.3) is 0 Å². The average Bonchev–Trinajstić information content (AvgIpc) is 2.62. The number of carbonyl (C=O) groups is 1. The Balaban J connectivity index is 1.91. The number of nitrogens with one attached hydrogen (secondary N) is 4. The van der Waals surface area contributed by atoms with Crippen molar-refractivity contribution in [2.45, 2.75) is 4.90 Å². The third-order valence-corrected chi connectivity index (χ3v) is 3.99. The van der Waals surface area contributed by atoms with Gasteiger partial charge < -0.3 is 20.7 Å². The lowest BCUT2D eigenvalue weighted by atomic mass is 10.3. The number of carbonyl (C=O) groups excluding carboxylic acids is 1. The van der Waals surface area contributed by atoms with Crippen LogP contribution in [0.2, 0.25) is 0 Å². The van der Waals surface area contributed by atoms with Crippen molar-refractivity contribution in [3.63, 3.8) is 0 Å². The van der Waals surface area contributed by atoms with Gasteiger partial charge in [-0.15, -0.1) is 0 Å². The monoisotopic (exact) mass is 362 g/mol. The largest absolute Gasteiger partial charge is 0.457 e. The molecule has 2 rings (SSSR count). The molecule has 0 aliphatic rings. The van der Waals surface area contributed by atoms with Crippen molar-refractivity contribution in [3.05, 3.63) is 48.5 Å². The molecule has 4 N–H and O–H groups in total. The zero-order chi connectivity index (χ0) is 17.4. The van der Waals surface area contributed by atoms with Gasteiger partial charge in [-0.05, 0) is 72.7 Å². The standard InChI is InChI=1S/C16H18N4O2S2/c1-17-15(21)20-24-14-9-7-13(8-10-14)22-12-5-3-11(4-6-12)19-16(23)18-2/h3-10H,1-2H3,(H2,17,20,21)(H2,18,19,23). The second-order valence-corrected chi connectivity index (χ2v) is 5.87. The molecule has 0 heterocycles. The highest BCUT2D eigenvalue weighted by atomic mass is 32.2. The van der Waals surface area contributed by atoms with Crippen LogP contribution >= 0.6 is 24.2 Å². The fraction of sp³-hybridized carbons (Fsp3) is 0.125. The van der Waals surface area contributed by atoms with E-state index in [2.05, 4.69) is 20.7 Å². The molecule has 0 bridgehead atoms. The van der Waals surface area contributed by atoms with Gasteiger partial charge in [-0.2, -0.15) is 0 Å². The van der Waals surface area contributed by atoms with Gasteiger partial charge in [0.05, 0.1) is 0 Å². The van der Waals surface area contributed by atoms with Crippen LogP contribution < -0.4 is 25.4 Å². The Morgan fingerprint density at radius 3 is 2.08 bits per heavy atom. The zero-order valence-corrected chi connectivity index (χ0v) is 14.9. The Bertz CT molecular complexity index is 690. The summed E-state index contributed by atoms with van der Waals surface area (Å²) in [5, 5.41) is 8.94. The fourth-order valence-corrected chi connectivity index (χ4v) is 2.37. The normalized spacial score (nSPS) is 9.75. The molecule has 0 spiro atoms. The molecular weight excluding hydrogens is 344 g/mol. The molecule has 2 aromatic rings. The number of thiocarbonyl (C=S) groups is 1. The molecule has 0 unspecified atom stereocenters. The van der Waals surface area contributed by atoms with E-state index in [4.69, 9.17) is 17.0 Å². The molecule has 0 fully saturated rings. The van der Waals surface area contributed by atoms with E-state index in [9.17, 15) is 4.79 Å². The van der Waals surface area contributed by atoms with Gasteiger partial charge >= 0.3 is 6.03 Å². The maximum absolute atomic E-state index is 11.1. The van der Waals surface area contributed by atoms with Crippen LogP contribution in [-0.4, -0.2) is 25.2 Å². The van der Waals surface area contributed by atoms with E-state index in [0.29, 0.717) is 10.9 Å². The molecule has 2 aromatic carbocycles. The number of amides is 2. The summed E-state index contributed by atoms with van der Waals surface area (Å²) < 4.78 is 8.43. The van der Waals surface area contributed by atoms with Crippen molar-refractivity contribution in [1.29, 1.82) is 0 Å². The maximum atomic E-state index is 11.1. The van der Waals surface area contributed by atoms with E-state index >= 15 is 0 Å². The number of anilines is 1. The van der Waals surface area contributed by atoms with E-state index in [1.807, 2.05) is 48.5 Å². The molecule has 0 aliphatic carbocycles. The smallest absolute Gasteiger partial charge is 0.324 e. The molecule has 24 heavy (non-hydrogen) atoms. The SMILES string of the molecule is CNC(=O)NSc1ccc(Oc2ccc(NC(=S)NC)cc2)cc1. The molecule has 0 radical (unpaired) electrons. The van der Waals surface area contributed by atoms with E-state index in [-0.39, 0.29) is 6.03 Å². The van der Waals surface area contributed by atoms with Crippen LogP contribution in [0.1, 0.15) is 0 Å². The van der Waals surface area contributed by atoms with Gasteiger partial charge in [-0.1, -0.05) is 0 Å². The Morgan fingerprint density at radius 2 is 1.54 bits per heavy atom. The third-order valence-electron chi connectivity index (χ3n) is 2.89. The Morgan fingerprint density at radius 1 is 0.958 bits per heavy atom. The summed E-state index contributed by atoms with van der Waals surface area (Å²) in [5.74, 6) is 1.44. The average molecular weight is 362 g/mol. The summed E-state index contributed by atoms with van der Waals surface area (Å²) in [6.07, 6.45) is 0. The predicted molar refractivity (Wildman–Crippen MR) is 102 cm³/mol. The summed E-state index contributed by atoms with van der Waals surface area (Å²) in [7, 11) is 3.33. The molecule has 0 aliphatic heterocycles. The topological polar surface area (TPSA) is 74.4 Å². The minimum Gasteiger partial charge on any atom is -0.457 e. The Kier molecular flexibility index (Phi) is 6.71. The molecule has 0 saturated heterocycles. The Hall–Kier alpha value is -2.45. The van der Waals surface area contributed by atoms with Crippen LogP contribution in [0, 0.1) is 0 Å². The molecular formula is C16H18N4O2S2. The maximum Gasteiger partial charge on any atom is 0.324 e. The highest BCUT2D eigenvalue weighted by Gasteiger charge is 2.02. The van der Waals surface area contributed by atoms with E-state index in [0.717, 1.165) is 16.3 Å². The van der Waals surface area contributed by atoms with Crippen molar-refractivity contribution in [2.24, 2.45) is 0 Å². The number of benzene rings is 2. The van der Waals surface area contributed by atoms with Crippen LogP contribution in [-0.2, 0) is 0 Å². The summed E-state index contributed by atoms with van der Waals surface area (Å²) in [6, 6.07) is 14.7. The van der Waals surface area contributed by atoms with Crippen molar-refractivity contribution in [2.75, 3.05) is 19.4 Å². The number of rotatable bonds is 5. The first-order valence-electron chi connectivity index (χ1n) is 7.12. The van der Waals surface area contributed by atoms with Crippen LogP contribution in [0.15, 0.2) is 53.4 Å². The quantitative estimate of drug-likeness (QED) is 0.483. The van der Waals surface area contributed by atoms with Crippen molar-refractivity contribution < 1.29 is 9.53 Å². The molecule has 8 heteroatoms. The molecule has 0 saturated carbocycles. The van der Waals surface area contributed by atoms with Gasteiger partial charge in [0.1, 0.15) is 11.5 Å². The predicted octanol–water partition coefficient (Wildman–Crippen LogP) is 3.33. The first-order chi connectivity index (χ1) is 11.6. The lowest BCUT2D eigenvalue weighted by Crippen LogP contribution is -2.27. The first kappa shape index (κ1) is 17.9. The highest BCUT2D eigenvalue weighted by Crippen LogP contribution is 2.25. The summed E-state index contributed by atoms with van der Waals surface area (Å²) in [6.45, 7) is 0. The van der Waals surface area contributed by atoms with Crippen molar-refractivity contribution >= 4 is 41.0 Å². The Labute approximate surface area is 150 Å². The van der Waals surface area contributed by atoms with Crippen LogP contribution in [0.3, 0.4) is 0 Å². The molecule has 6 nitrogen and oxygen atoms in total. The number of urea groups is 1. The number of ether oxygens (including phenoxy) is 1. The first-order valence-corrected chi connectivity index (χ1v) is 8.34. The number of hydrogen-bond acceptors (Lipinski definition) is 4. The van der Waals surface area contributed by atoms with Crippen LogP contribution in [0.4, 0.5) is 10.5 Å². The minimum absolute atomic E-state index is 0.244. The fourth-order valence-electron chi connectivity index (χ4n) is 1.67. The molecule has 126 valence electrons. The van der Waals surface area contributed by atoms with E-state index in [1.54, 1.807) is 14.1 Å². The zero-order valence-electron chi connectivity index (χ0n) is 13.3.